The lowest BCUT2D eigenvalue weighted by Crippen LogP contribution is -2.60. The lowest BCUT2D eigenvalue weighted by molar-refractivity contribution is 0.216. The van der Waals surface area contributed by atoms with E-state index in [1.165, 1.54) is 5.57 Å². The van der Waals surface area contributed by atoms with E-state index in [-0.39, 0.29) is 18.4 Å². The molecule has 1 aliphatic carbocycles. The predicted molar refractivity (Wildman–Crippen MR) is 112 cm³/mol. The van der Waals surface area contributed by atoms with Crippen molar-refractivity contribution in [1.29, 1.82) is 0 Å². The molecule has 7 nitrogen and oxygen atoms in total. The van der Waals surface area contributed by atoms with Crippen LogP contribution in [0, 0.1) is 11.8 Å². The van der Waals surface area contributed by atoms with Gasteiger partial charge in [-0.3, -0.25) is 21.5 Å². The highest BCUT2D eigenvalue weighted by Gasteiger charge is 2.32. The van der Waals surface area contributed by atoms with Gasteiger partial charge >= 0.3 is 0 Å². The number of piperazine rings is 1. The lowest BCUT2D eigenvalue weighted by atomic mass is 9.82. The number of nitrogens with one attached hydrogen (secondary N) is 6. The maximum atomic E-state index is 13.4. The average Bonchev–Trinajstić information content (AvgIpc) is 3.21. The van der Waals surface area contributed by atoms with E-state index in [1.54, 1.807) is 0 Å². The number of allylic oxidation sites excluding steroid dienone is 1. The molecule has 0 aromatic heterocycles. The maximum absolute atomic E-state index is 13.4. The molecule has 162 valence electrons. The van der Waals surface area contributed by atoms with Gasteiger partial charge in [0, 0.05) is 44.8 Å². The number of rotatable bonds is 9. The van der Waals surface area contributed by atoms with Crippen molar-refractivity contribution < 1.29 is 4.39 Å². The molecule has 0 aromatic carbocycles. The van der Waals surface area contributed by atoms with Crippen LogP contribution in [0.25, 0.3) is 0 Å². The number of hydrazine groups is 1. The molecule has 0 spiro atoms. The minimum atomic E-state index is -0.663. The Labute approximate surface area is 169 Å². The molecular weight excluding hydrogens is 357 g/mol. The van der Waals surface area contributed by atoms with E-state index in [4.69, 9.17) is 5.73 Å². The Balaban J connectivity index is 1.55. The molecule has 8 N–H and O–H groups in total. The fraction of sp³-hybridized carbons (Fsp3) is 0.900. The Hall–Kier alpha value is -0.610. The van der Waals surface area contributed by atoms with Gasteiger partial charge in [-0.25, -0.2) is 4.39 Å². The first-order valence-corrected chi connectivity index (χ1v) is 11.0. The molecule has 0 saturated carbocycles. The van der Waals surface area contributed by atoms with E-state index in [1.807, 2.05) is 0 Å². The quantitative estimate of drug-likeness (QED) is 0.216. The van der Waals surface area contributed by atoms with E-state index < -0.39 is 6.17 Å². The highest BCUT2D eigenvalue weighted by Crippen LogP contribution is 2.26. The summed E-state index contributed by atoms with van der Waals surface area (Å²) in [4.78, 5) is 0. The molecule has 0 aromatic rings. The molecule has 6 atom stereocenters. The smallest absolute Gasteiger partial charge is 0.104 e. The maximum Gasteiger partial charge on any atom is 0.104 e. The summed E-state index contributed by atoms with van der Waals surface area (Å²) < 4.78 is 13.4. The van der Waals surface area contributed by atoms with Crippen molar-refractivity contribution in [2.45, 2.75) is 70.1 Å². The summed E-state index contributed by atoms with van der Waals surface area (Å²) in [7, 11) is 0. The molecule has 2 fully saturated rings. The van der Waals surface area contributed by atoms with Gasteiger partial charge in [0.2, 0.25) is 0 Å². The van der Waals surface area contributed by atoms with Gasteiger partial charge in [0.05, 0.1) is 12.3 Å². The molecule has 0 bridgehead atoms. The summed E-state index contributed by atoms with van der Waals surface area (Å²) in [6.45, 7) is 9.29. The van der Waals surface area contributed by atoms with Crippen LogP contribution in [0.5, 0.6) is 0 Å². The second kappa shape index (κ2) is 11.0. The van der Waals surface area contributed by atoms with Crippen LogP contribution >= 0.6 is 0 Å². The Bertz CT molecular complexity index is 491. The van der Waals surface area contributed by atoms with Crippen molar-refractivity contribution >= 4 is 0 Å². The zero-order valence-electron chi connectivity index (χ0n) is 17.4. The first-order valence-electron chi connectivity index (χ1n) is 11.0. The first kappa shape index (κ1) is 22.1. The van der Waals surface area contributed by atoms with Crippen LogP contribution in [0.15, 0.2) is 11.6 Å². The van der Waals surface area contributed by atoms with Crippen LogP contribution in [0.2, 0.25) is 0 Å². The third-order valence-corrected chi connectivity index (χ3v) is 6.53. The molecular formula is C20H40FN7. The summed E-state index contributed by atoms with van der Waals surface area (Å²) >= 11 is 0. The SMILES string of the molecule is CC(N[C@@H](C)C1=CCC(F)CC1)C(CC(N)N[C@H]1CNCCN1)C1CNNC1. The molecule has 4 unspecified atom stereocenters. The summed E-state index contributed by atoms with van der Waals surface area (Å²) in [5, 5.41) is 14.2. The number of hydrogen-bond donors (Lipinski definition) is 7. The predicted octanol–water partition coefficient (Wildman–Crippen LogP) is -0.0750. The normalized spacial score (nSPS) is 31.2. The van der Waals surface area contributed by atoms with Gasteiger partial charge in [0.25, 0.3) is 0 Å². The molecule has 3 aliphatic rings. The van der Waals surface area contributed by atoms with Gasteiger partial charge in [-0.05, 0) is 51.4 Å². The van der Waals surface area contributed by atoms with Gasteiger partial charge in [0.1, 0.15) is 6.17 Å². The fourth-order valence-electron chi connectivity index (χ4n) is 4.82. The summed E-state index contributed by atoms with van der Waals surface area (Å²) in [6.07, 6.45) is 4.61. The van der Waals surface area contributed by atoms with Gasteiger partial charge < -0.3 is 16.4 Å². The Morgan fingerprint density at radius 3 is 2.64 bits per heavy atom. The molecule has 0 radical (unpaired) electrons. The van der Waals surface area contributed by atoms with Crippen molar-refractivity contribution in [1.82, 2.24) is 32.1 Å². The molecule has 2 saturated heterocycles. The van der Waals surface area contributed by atoms with Gasteiger partial charge in [-0.2, -0.15) is 0 Å². The highest BCUT2D eigenvalue weighted by atomic mass is 19.1. The summed E-state index contributed by atoms with van der Waals surface area (Å²) in [5.74, 6) is 0.984. The molecule has 3 rings (SSSR count). The van der Waals surface area contributed by atoms with E-state index in [2.05, 4.69) is 52.0 Å². The van der Waals surface area contributed by atoms with Crippen LogP contribution in [0.3, 0.4) is 0 Å². The second-order valence-electron chi connectivity index (χ2n) is 8.73. The van der Waals surface area contributed by atoms with E-state index in [0.717, 1.165) is 45.6 Å². The van der Waals surface area contributed by atoms with Crippen LogP contribution in [0.4, 0.5) is 4.39 Å². The number of nitrogens with two attached hydrogens (primary N) is 1. The number of hydrogen-bond acceptors (Lipinski definition) is 7. The van der Waals surface area contributed by atoms with Crippen molar-refractivity contribution in [3.8, 4) is 0 Å². The van der Waals surface area contributed by atoms with Crippen LogP contribution in [-0.2, 0) is 0 Å². The monoisotopic (exact) mass is 397 g/mol. The third kappa shape index (κ3) is 6.45. The minimum Gasteiger partial charge on any atom is -0.316 e. The van der Waals surface area contributed by atoms with Crippen molar-refractivity contribution in [3.63, 3.8) is 0 Å². The van der Waals surface area contributed by atoms with E-state index in [9.17, 15) is 4.39 Å². The Morgan fingerprint density at radius 1 is 1.21 bits per heavy atom. The van der Waals surface area contributed by atoms with Crippen molar-refractivity contribution in [3.05, 3.63) is 11.6 Å². The number of alkyl halides is 1. The molecule has 2 heterocycles. The van der Waals surface area contributed by atoms with Crippen LogP contribution in [0.1, 0.15) is 39.5 Å². The first-order chi connectivity index (χ1) is 13.5. The minimum absolute atomic E-state index is 0.0521. The molecule has 28 heavy (non-hydrogen) atoms. The Kier molecular flexibility index (Phi) is 8.65. The van der Waals surface area contributed by atoms with Crippen LogP contribution in [-0.4, -0.2) is 63.3 Å². The molecule has 0 amide bonds. The standard InChI is InChI=1S/C20H40FN7/c1-13(15-3-5-17(21)6-4-15)27-14(2)18(16-10-25-26-11-16)9-19(22)28-20-12-23-7-8-24-20/h3,13-14,16-20,23-28H,4-12,22H2,1-2H3/t13-,14?,17?,18?,19?,20-/m0/s1. The zero-order valence-corrected chi connectivity index (χ0v) is 17.4. The summed E-state index contributed by atoms with van der Waals surface area (Å²) in [6, 6.07) is 0.608. The van der Waals surface area contributed by atoms with Crippen LogP contribution < -0.4 is 37.9 Å². The van der Waals surface area contributed by atoms with Crippen molar-refractivity contribution in [2.24, 2.45) is 17.6 Å². The number of halogens is 1. The molecule has 2 aliphatic heterocycles. The summed E-state index contributed by atoms with van der Waals surface area (Å²) in [5.41, 5.74) is 14.4. The fourth-order valence-corrected chi connectivity index (χ4v) is 4.82. The zero-order chi connectivity index (χ0) is 19.9. The second-order valence-corrected chi connectivity index (χ2v) is 8.73. The highest BCUT2D eigenvalue weighted by molar-refractivity contribution is 5.13. The Morgan fingerprint density at radius 2 is 2.00 bits per heavy atom. The van der Waals surface area contributed by atoms with E-state index >= 15 is 0 Å². The van der Waals surface area contributed by atoms with Gasteiger partial charge in [-0.15, -0.1) is 0 Å². The average molecular weight is 398 g/mol. The topological polar surface area (TPSA) is 98.2 Å². The van der Waals surface area contributed by atoms with E-state index in [0.29, 0.717) is 30.7 Å². The largest absolute Gasteiger partial charge is 0.316 e. The lowest BCUT2D eigenvalue weighted by Gasteiger charge is -2.36. The molecule has 8 heteroatoms. The third-order valence-electron chi connectivity index (χ3n) is 6.53. The van der Waals surface area contributed by atoms with Gasteiger partial charge in [-0.1, -0.05) is 11.6 Å². The van der Waals surface area contributed by atoms with Crippen molar-refractivity contribution in [2.75, 3.05) is 32.7 Å². The van der Waals surface area contributed by atoms with Gasteiger partial charge in [0.15, 0.2) is 0 Å².